The Bertz CT molecular complexity index is 561. The Morgan fingerprint density at radius 1 is 1.17 bits per heavy atom. The Kier molecular flexibility index (Phi) is 4.04. The van der Waals surface area contributed by atoms with E-state index in [1.54, 1.807) is 12.1 Å². The second-order valence-electron chi connectivity index (χ2n) is 3.98. The first-order valence-corrected chi connectivity index (χ1v) is 6.56. The highest BCUT2D eigenvalue weighted by Crippen LogP contribution is 2.18. The fourth-order valence-corrected chi connectivity index (χ4v) is 2.16. The maximum atomic E-state index is 12.0. The lowest BCUT2D eigenvalue weighted by molar-refractivity contribution is 0.102. The molecule has 0 saturated heterocycles. The van der Waals surface area contributed by atoms with E-state index < -0.39 is 0 Å². The minimum absolute atomic E-state index is 0.164. The molecule has 2 nitrogen and oxygen atoms in total. The quantitative estimate of drug-likeness (QED) is 0.855. The summed E-state index contributed by atoms with van der Waals surface area (Å²) >= 11 is 9.28. The van der Waals surface area contributed by atoms with Gasteiger partial charge in [-0.1, -0.05) is 27.5 Å². The number of hydrogen-bond acceptors (Lipinski definition) is 1. The molecule has 4 heteroatoms. The summed E-state index contributed by atoms with van der Waals surface area (Å²) in [7, 11) is 0. The van der Waals surface area contributed by atoms with Gasteiger partial charge in [0.15, 0.2) is 0 Å². The van der Waals surface area contributed by atoms with Gasteiger partial charge in [-0.05, 0) is 55.0 Å². The molecule has 0 atom stereocenters. The highest BCUT2D eigenvalue weighted by Gasteiger charge is 2.07. The maximum Gasteiger partial charge on any atom is 0.255 e. The van der Waals surface area contributed by atoms with E-state index in [0.29, 0.717) is 10.6 Å². The Labute approximate surface area is 119 Å². The van der Waals surface area contributed by atoms with Crippen LogP contribution in [-0.4, -0.2) is 5.91 Å². The van der Waals surface area contributed by atoms with E-state index in [9.17, 15) is 4.79 Å². The van der Waals surface area contributed by atoms with Crippen LogP contribution in [0.5, 0.6) is 0 Å². The van der Waals surface area contributed by atoms with Gasteiger partial charge in [-0.15, -0.1) is 0 Å². The molecule has 0 fully saturated rings. The minimum atomic E-state index is -0.164. The molecule has 0 saturated carbocycles. The first-order valence-electron chi connectivity index (χ1n) is 5.39. The van der Waals surface area contributed by atoms with E-state index in [1.165, 1.54) is 0 Å². The second kappa shape index (κ2) is 5.55. The van der Waals surface area contributed by atoms with Crippen molar-refractivity contribution in [2.45, 2.75) is 6.92 Å². The molecule has 0 spiro atoms. The van der Waals surface area contributed by atoms with E-state index in [4.69, 9.17) is 11.6 Å². The monoisotopic (exact) mass is 323 g/mol. The predicted octanol–water partition coefficient (Wildman–Crippen LogP) is 4.66. The van der Waals surface area contributed by atoms with Crippen molar-refractivity contribution in [3.63, 3.8) is 0 Å². The van der Waals surface area contributed by atoms with Crippen molar-refractivity contribution in [2.75, 3.05) is 5.32 Å². The van der Waals surface area contributed by atoms with Crippen LogP contribution in [0.3, 0.4) is 0 Å². The smallest absolute Gasteiger partial charge is 0.255 e. The molecule has 0 aliphatic carbocycles. The number of carbonyl (C=O) groups is 1. The van der Waals surface area contributed by atoms with Gasteiger partial charge in [0, 0.05) is 20.7 Å². The molecule has 2 rings (SSSR count). The Morgan fingerprint density at radius 3 is 2.44 bits per heavy atom. The van der Waals surface area contributed by atoms with Crippen LogP contribution < -0.4 is 5.32 Å². The van der Waals surface area contributed by atoms with Crippen LogP contribution in [0.25, 0.3) is 0 Å². The third kappa shape index (κ3) is 3.34. The summed E-state index contributed by atoms with van der Waals surface area (Å²) in [6.45, 7) is 1.91. The number of halogens is 2. The zero-order chi connectivity index (χ0) is 13.1. The number of nitrogens with one attached hydrogen (secondary N) is 1. The van der Waals surface area contributed by atoms with Crippen molar-refractivity contribution in [1.82, 2.24) is 0 Å². The van der Waals surface area contributed by atoms with Gasteiger partial charge in [-0.2, -0.15) is 0 Å². The average Bonchev–Trinajstić information content (AvgIpc) is 2.31. The van der Waals surface area contributed by atoms with Crippen molar-refractivity contribution < 1.29 is 4.79 Å². The van der Waals surface area contributed by atoms with Gasteiger partial charge in [0.05, 0.1) is 0 Å². The molecule has 0 aromatic heterocycles. The molecule has 18 heavy (non-hydrogen) atoms. The largest absolute Gasteiger partial charge is 0.322 e. The molecule has 0 bridgehead atoms. The molecule has 0 aliphatic rings. The Balaban J connectivity index is 2.19. The highest BCUT2D eigenvalue weighted by molar-refractivity contribution is 9.10. The average molecular weight is 325 g/mol. The Morgan fingerprint density at radius 2 is 1.83 bits per heavy atom. The Hall–Kier alpha value is -1.32. The second-order valence-corrected chi connectivity index (χ2v) is 5.33. The summed E-state index contributed by atoms with van der Waals surface area (Å²) < 4.78 is 0.971. The van der Waals surface area contributed by atoms with Gasteiger partial charge in [-0.25, -0.2) is 0 Å². The summed E-state index contributed by atoms with van der Waals surface area (Å²) in [6.07, 6.45) is 0. The molecule has 1 amide bonds. The van der Waals surface area contributed by atoms with Crippen LogP contribution >= 0.6 is 27.5 Å². The molecule has 0 heterocycles. The fourth-order valence-electron chi connectivity index (χ4n) is 1.60. The van der Waals surface area contributed by atoms with E-state index in [0.717, 1.165) is 15.7 Å². The first kappa shape index (κ1) is 13.1. The lowest BCUT2D eigenvalue weighted by Gasteiger charge is -2.06. The van der Waals surface area contributed by atoms with E-state index in [2.05, 4.69) is 21.2 Å². The molecule has 1 N–H and O–H groups in total. The van der Waals surface area contributed by atoms with Gasteiger partial charge in [0.1, 0.15) is 0 Å². The molecule has 92 valence electrons. The molecular weight excluding hydrogens is 314 g/mol. The standard InChI is InChI=1S/C14H11BrClNO/c1-9-6-10(8-12(16)7-9)14(18)17-13-4-2-11(15)3-5-13/h2-8H,1H3,(H,17,18). The first-order chi connectivity index (χ1) is 8.54. The van der Waals surface area contributed by atoms with Crippen molar-refractivity contribution in [3.8, 4) is 0 Å². The summed E-state index contributed by atoms with van der Waals surface area (Å²) in [5, 5.41) is 3.39. The van der Waals surface area contributed by atoms with Crippen molar-refractivity contribution >= 4 is 39.1 Å². The number of rotatable bonds is 2. The van der Waals surface area contributed by atoms with Gasteiger partial charge >= 0.3 is 0 Å². The SMILES string of the molecule is Cc1cc(Cl)cc(C(=O)Nc2ccc(Br)cc2)c1. The van der Waals surface area contributed by atoms with Gasteiger partial charge < -0.3 is 5.32 Å². The lowest BCUT2D eigenvalue weighted by Crippen LogP contribution is -2.11. The lowest BCUT2D eigenvalue weighted by atomic mass is 10.1. The third-order valence-corrected chi connectivity index (χ3v) is 3.15. The van der Waals surface area contributed by atoms with Crippen molar-refractivity contribution in [3.05, 3.63) is 63.1 Å². The van der Waals surface area contributed by atoms with Gasteiger partial charge in [-0.3, -0.25) is 4.79 Å². The highest BCUT2D eigenvalue weighted by atomic mass is 79.9. The molecule has 0 radical (unpaired) electrons. The maximum absolute atomic E-state index is 12.0. The number of benzene rings is 2. The van der Waals surface area contributed by atoms with Crippen molar-refractivity contribution in [1.29, 1.82) is 0 Å². The fraction of sp³-hybridized carbons (Fsp3) is 0.0714. The van der Waals surface area contributed by atoms with Crippen LogP contribution in [0, 0.1) is 6.92 Å². The normalized spacial score (nSPS) is 10.2. The van der Waals surface area contributed by atoms with Crippen LogP contribution in [0.1, 0.15) is 15.9 Å². The molecule has 0 unspecified atom stereocenters. The zero-order valence-electron chi connectivity index (χ0n) is 9.71. The van der Waals surface area contributed by atoms with Crippen molar-refractivity contribution in [2.24, 2.45) is 0 Å². The number of carbonyl (C=O) groups excluding carboxylic acids is 1. The summed E-state index contributed by atoms with van der Waals surface area (Å²) in [5.74, 6) is -0.164. The summed E-state index contributed by atoms with van der Waals surface area (Å²) in [4.78, 5) is 12.0. The molecule has 0 aliphatic heterocycles. The van der Waals surface area contributed by atoms with Gasteiger partial charge in [0.2, 0.25) is 0 Å². The number of aryl methyl sites for hydroxylation is 1. The van der Waals surface area contributed by atoms with Gasteiger partial charge in [0.25, 0.3) is 5.91 Å². The predicted molar refractivity (Wildman–Crippen MR) is 78.3 cm³/mol. The topological polar surface area (TPSA) is 29.1 Å². The number of amides is 1. The van der Waals surface area contributed by atoms with Crippen LogP contribution in [-0.2, 0) is 0 Å². The van der Waals surface area contributed by atoms with E-state index in [-0.39, 0.29) is 5.91 Å². The third-order valence-electron chi connectivity index (χ3n) is 2.41. The van der Waals surface area contributed by atoms with E-state index in [1.807, 2.05) is 37.3 Å². The van der Waals surface area contributed by atoms with Crippen LogP contribution in [0.2, 0.25) is 5.02 Å². The van der Waals surface area contributed by atoms with Crippen LogP contribution in [0.15, 0.2) is 46.9 Å². The summed E-state index contributed by atoms with van der Waals surface area (Å²) in [5.41, 5.74) is 2.27. The minimum Gasteiger partial charge on any atom is -0.322 e. The zero-order valence-corrected chi connectivity index (χ0v) is 12.0. The summed E-state index contributed by atoms with van der Waals surface area (Å²) in [6, 6.07) is 12.7. The molecule has 2 aromatic carbocycles. The number of hydrogen-bond donors (Lipinski definition) is 1. The molecule has 2 aromatic rings. The van der Waals surface area contributed by atoms with Crippen LogP contribution in [0.4, 0.5) is 5.69 Å². The number of anilines is 1. The molecular formula is C14H11BrClNO. The van der Waals surface area contributed by atoms with E-state index >= 15 is 0 Å².